The Balaban J connectivity index is 1.69. The van der Waals surface area contributed by atoms with Crippen molar-refractivity contribution in [3.05, 3.63) is 38.3 Å². The standard InChI is InChI=1S/C15H17N3O3S/c1-8-6-12(22-13(8)15(20)21)14(19)16-7-11-9-4-2-3-5-10(9)17-18-11/h6H,2-5,7H2,1H3,(H,16,19)(H,17,18)(H,20,21). The van der Waals surface area contributed by atoms with Crippen LogP contribution < -0.4 is 5.32 Å². The lowest BCUT2D eigenvalue weighted by molar-refractivity contribution is 0.0701. The number of thiophene rings is 1. The smallest absolute Gasteiger partial charge is 0.346 e. The number of nitrogens with one attached hydrogen (secondary N) is 2. The highest BCUT2D eigenvalue weighted by Crippen LogP contribution is 2.23. The Morgan fingerprint density at radius 2 is 2.18 bits per heavy atom. The van der Waals surface area contributed by atoms with Gasteiger partial charge in [0.25, 0.3) is 5.91 Å². The van der Waals surface area contributed by atoms with Crippen molar-refractivity contribution in [2.75, 3.05) is 0 Å². The molecule has 0 radical (unpaired) electrons. The van der Waals surface area contributed by atoms with E-state index in [9.17, 15) is 9.59 Å². The van der Waals surface area contributed by atoms with Gasteiger partial charge in [0.15, 0.2) is 0 Å². The molecule has 3 rings (SSSR count). The molecule has 6 nitrogen and oxygen atoms in total. The number of carboxylic acid groups (broad SMARTS) is 1. The van der Waals surface area contributed by atoms with Gasteiger partial charge in [0.1, 0.15) is 4.88 Å². The zero-order chi connectivity index (χ0) is 15.7. The van der Waals surface area contributed by atoms with Gasteiger partial charge in [-0.3, -0.25) is 9.89 Å². The number of aromatic amines is 1. The summed E-state index contributed by atoms with van der Waals surface area (Å²) in [7, 11) is 0. The lowest BCUT2D eigenvalue weighted by Crippen LogP contribution is -2.22. The molecule has 2 aromatic rings. The first-order valence-electron chi connectivity index (χ1n) is 7.23. The number of carbonyl (C=O) groups is 2. The third-order valence-electron chi connectivity index (χ3n) is 3.89. The average Bonchev–Trinajstić information content (AvgIpc) is 3.08. The van der Waals surface area contributed by atoms with E-state index in [0.29, 0.717) is 17.0 Å². The summed E-state index contributed by atoms with van der Waals surface area (Å²) >= 11 is 1.00. The van der Waals surface area contributed by atoms with Crippen LogP contribution in [0.4, 0.5) is 0 Å². The first-order valence-corrected chi connectivity index (χ1v) is 8.05. The van der Waals surface area contributed by atoms with Crippen LogP contribution in [0.3, 0.4) is 0 Å². The number of nitrogens with zero attached hydrogens (tertiary/aromatic N) is 1. The number of rotatable bonds is 4. The van der Waals surface area contributed by atoms with Crippen LogP contribution in [0.15, 0.2) is 6.07 Å². The molecule has 2 aromatic heterocycles. The highest BCUT2D eigenvalue weighted by molar-refractivity contribution is 7.16. The lowest BCUT2D eigenvalue weighted by Gasteiger charge is -2.11. The maximum atomic E-state index is 12.2. The van der Waals surface area contributed by atoms with E-state index >= 15 is 0 Å². The molecule has 0 unspecified atom stereocenters. The fourth-order valence-electron chi connectivity index (χ4n) is 2.75. The van der Waals surface area contributed by atoms with Gasteiger partial charge in [0, 0.05) is 5.69 Å². The SMILES string of the molecule is Cc1cc(C(=O)NCc2n[nH]c3c2CCCC3)sc1C(=O)O. The molecular weight excluding hydrogens is 302 g/mol. The summed E-state index contributed by atoms with van der Waals surface area (Å²) in [5, 5.41) is 19.2. The number of carboxylic acids is 1. The first-order chi connectivity index (χ1) is 10.6. The molecule has 0 saturated heterocycles. The van der Waals surface area contributed by atoms with Crippen LogP contribution >= 0.6 is 11.3 Å². The Bertz CT molecular complexity index is 732. The largest absolute Gasteiger partial charge is 0.477 e. The van der Waals surface area contributed by atoms with E-state index < -0.39 is 5.97 Å². The Labute approximate surface area is 131 Å². The van der Waals surface area contributed by atoms with Gasteiger partial charge in [-0.2, -0.15) is 5.10 Å². The number of aryl methyl sites for hydroxylation is 2. The minimum absolute atomic E-state index is 0.210. The fraction of sp³-hybridized carbons (Fsp3) is 0.400. The summed E-state index contributed by atoms with van der Waals surface area (Å²) < 4.78 is 0. The monoisotopic (exact) mass is 319 g/mol. The third kappa shape index (κ3) is 2.76. The van der Waals surface area contributed by atoms with Crippen LogP contribution in [0.25, 0.3) is 0 Å². The minimum atomic E-state index is -0.997. The number of hydrogen-bond acceptors (Lipinski definition) is 4. The van der Waals surface area contributed by atoms with Crippen LogP contribution in [0, 0.1) is 6.92 Å². The molecule has 7 heteroatoms. The number of carbonyl (C=O) groups excluding carboxylic acids is 1. The summed E-state index contributed by atoms with van der Waals surface area (Å²) in [5.74, 6) is -1.25. The molecule has 1 aliphatic carbocycles. The van der Waals surface area contributed by atoms with E-state index in [-0.39, 0.29) is 10.8 Å². The predicted octanol–water partition coefficient (Wildman–Crippen LogP) is 2.29. The zero-order valence-electron chi connectivity index (χ0n) is 12.2. The van der Waals surface area contributed by atoms with Gasteiger partial charge in [0.05, 0.1) is 17.1 Å². The third-order valence-corrected chi connectivity index (χ3v) is 5.12. The average molecular weight is 319 g/mol. The summed E-state index contributed by atoms with van der Waals surface area (Å²) in [6.07, 6.45) is 4.34. The molecule has 0 spiro atoms. The number of H-pyrrole nitrogens is 1. The zero-order valence-corrected chi connectivity index (χ0v) is 13.0. The van der Waals surface area contributed by atoms with E-state index in [1.807, 2.05) is 0 Å². The number of aromatic nitrogens is 2. The van der Waals surface area contributed by atoms with Crippen LogP contribution in [0.1, 0.15) is 54.7 Å². The molecule has 0 saturated carbocycles. The normalized spacial score (nSPS) is 13.7. The van der Waals surface area contributed by atoms with E-state index in [4.69, 9.17) is 5.11 Å². The summed E-state index contributed by atoms with van der Waals surface area (Å²) in [6, 6.07) is 1.61. The molecule has 0 aromatic carbocycles. The van der Waals surface area contributed by atoms with Crippen molar-refractivity contribution in [3.63, 3.8) is 0 Å². The fourth-order valence-corrected chi connectivity index (χ4v) is 3.68. The van der Waals surface area contributed by atoms with Crippen molar-refractivity contribution in [3.8, 4) is 0 Å². The molecule has 1 aliphatic rings. The molecule has 116 valence electrons. The molecule has 2 heterocycles. The van der Waals surface area contributed by atoms with Gasteiger partial charge in [-0.25, -0.2) is 4.79 Å². The van der Waals surface area contributed by atoms with Gasteiger partial charge in [0.2, 0.25) is 0 Å². The first kappa shape index (κ1) is 14.8. The second kappa shape index (κ2) is 5.92. The van der Waals surface area contributed by atoms with Gasteiger partial charge in [-0.05, 0) is 49.8 Å². The molecule has 22 heavy (non-hydrogen) atoms. The molecule has 1 amide bonds. The molecular formula is C15H17N3O3S. The number of fused-ring (bicyclic) bond motifs is 1. The predicted molar refractivity (Wildman–Crippen MR) is 82.4 cm³/mol. The Morgan fingerprint density at radius 3 is 2.91 bits per heavy atom. The second-order valence-electron chi connectivity index (χ2n) is 5.45. The number of amides is 1. The second-order valence-corrected chi connectivity index (χ2v) is 6.50. The van der Waals surface area contributed by atoms with Gasteiger partial charge >= 0.3 is 5.97 Å². The van der Waals surface area contributed by atoms with Gasteiger partial charge < -0.3 is 10.4 Å². The maximum Gasteiger partial charge on any atom is 0.346 e. The van der Waals surface area contributed by atoms with Gasteiger partial charge in [-0.1, -0.05) is 0 Å². The van der Waals surface area contributed by atoms with Crippen molar-refractivity contribution in [2.24, 2.45) is 0 Å². The topological polar surface area (TPSA) is 95.1 Å². The van der Waals surface area contributed by atoms with E-state index in [1.165, 1.54) is 17.7 Å². The van der Waals surface area contributed by atoms with Crippen LogP contribution in [-0.2, 0) is 19.4 Å². The summed E-state index contributed by atoms with van der Waals surface area (Å²) in [4.78, 5) is 23.8. The lowest BCUT2D eigenvalue weighted by atomic mass is 9.96. The maximum absolute atomic E-state index is 12.2. The number of aromatic carboxylic acids is 1. The van der Waals surface area contributed by atoms with Gasteiger partial charge in [-0.15, -0.1) is 11.3 Å². The van der Waals surface area contributed by atoms with E-state index in [1.54, 1.807) is 13.0 Å². The quantitative estimate of drug-likeness (QED) is 0.805. The van der Waals surface area contributed by atoms with Crippen LogP contribution in [-0.4, -0.2) is 27.2 Å². The Kier molecular flexibility index (Phi) is 3.98. The van der Waals surface area contributed by atoms with Crippen LogP contribution in [0.5, 0.6) is 0 Å². The molecule has 0 fully saturated rings. The summed E-state index contributed by atoms with van der Waals surface area (Å²) in [5.41, 5.74) is 3.89. The highest BCUT2D eigenvalue weighted by atomic mass is 32.1. The molecule has 0 bridgehead atoms. The Morgan fingerprint density at radius 1 is 1.41 bits per heavy atom. The van der Waals surface area contributed by atoms with Crippen LogP contribution in [0.2, 0.25) is 0 Å². The number of hydrogen-bond donors (Lipinski definition) is 3. The van der Waals surface area contributed by atoms with Crippen molar-refractivity contribution in [1.82, 2.24) is 15.5 Å². The van der Waals surface area contributed by atoms with Crippen molar-refractivity contribution >= 4 is 23.2 Å². The molecule has 0 atom stereocenters. The highest BCUT2D eigenvalue weighted by Gasteiger charge is 2.19. The molecule has 0 aliphatic heterocycles. The van der Waals surface area contributed by atoms with E-state index in [2.05, 4.69) is 15.5 Å². The minimum Gasteiger partial charge on any atom is -0.477 e. The Hall–Kier alpha value is -2.15. The summed E-state index contributed by atoms with van der Waals surface area (Å²) in [6.45, 7) is 2.06. The molecule has 3 N–H and O–H groups in total. The van der Waals surface area contributed by atoms with Crippen molar-refractivity contribution < 1.29 is 14.7 Å². The van der Waals surface area contributed by atoms with Crippen molar-refractivity contribution in [2.45, 2.75) is 39.2 Å². The van der Waals surface area contributed by atoms with Crippen molar-refractivity contribution in [1.29, 1.82) is 0 Å². The van der Waals surface area contributed by atoms with E-state index in [0.717, 1.165) is 36.3 Å².